The van der Waals surface area contributed by atoms with Crippen molar-refractivity contribution in [1.82, 2.24) is 25.0 Å². The number of hydrogen-bond acceptors (Lipinski definition) is 6. The fourth-order valence-corrected chi connectivity index (χ4v) is 3.23. The van der Waals surface area contributed by atoms with Crippen molar-refractivity contribution in [1.29, 1.82) is 0 Å². The molecule has 2 aromatic carbocycles. The zero-order chi connectivity index (χ0) is 18.5. The van der Waals surface area contributed by atoms with E-state index in [1.807, 2.05) is 73.8 Å². The first kappa shape index (κ1) is 17.2. The average Bonchev–Trinajstić information content (AvgIpc) is 3.17. The summed E-state index contributed by atoms with van der Waals surface area (Å²) in [6.07, 6.45) is 3.69. The van der Waals surface area contributed by atoms with Crippen LogP contribution < -0.4 is 4.74 Å². The standard InChI is InChI=1S/C20H17N5OS/c1-15-21-12-11-20(22-15)27-14-16-13-25(24-23-16)17-7-9-19(10-8-17)26-18-5-3-2-4-6-18/h2-13H,14H2,1H3. The minimum absolute atomic E-state index is 0.700. The highest BCUT2D eigenvalue weighted by atomic mass is 32.2. The van der Waals surface area contributed by atoms with Gasteiger partial charge in [-0.05, 0) is 49.4 Å². The van der Waals surface area contributed by atoms with Gasteiger partial charge in [-0.25, -0.2) is 14.6 Å². The van der Waals surface area contributed by atoms with E-state index in [9.17, 15) is 0 Å². The summed E-state index contributed by atoms with van der Waals surface area (Å²) in [5, 5.41) is 9.38. The van der Waals surface area contributed by atoms with E-state index in [4.69, 9.17) is 4.74 Å². The van der Waals surface area contributed by atoms with Gasteiger partial charge >= 0.3 is 0 Å². The van der Waals surface area contributed by atoms with Gasteiger partial charge in [-0.1, -0.05) is 35.2 Å². The Morgan fingerprint density at radius 1 is 0.963 bits per heavy atom. The number of aryl methyl sites for hydroxylation is 1. The fraction of sp³-hybridized carbons (Fsp3) is 0.100. The summed E-state index contributed by atoms with van der Waals surface area (Å²) < 4.78 is 7.57. The maximum absolute atomic E-state index is 5.81. The van der Waals surface area contributed by atoms with E-state index in [0.717, 1.165) is 33.7 Å². The fourth-order valence-electron chi connectivity index (χ4n) is 2.45. The molecule has 0 saturated carbocycles. The number of rotatable bonds is 6. The van der Waals surface area contributed by atoms with Crippen LogP contribution in [-0.4, -0.2) is 25.0 Å². The van der Waals surface area contributed by atoms with E-state index in [-0.39, 0.29) is 0 Å². The molecule has 0 amide bonds. The monoisotopic (exact) mass is 375 g/mol. The number of benzene rings is 2. The van der Waals surface area contributed by atoms with Crippen molar-refractivity contribution >= 4 is 11.8 Å². The Hall–Kier alpha value is -3.19. The van der Waals surface area contributed by atoms with Crippen LogP contribution in [0.4, 0.5) is 0 Å². The lowest BCUT2D eigenvalue weighted by Crippen LogP contribution is -1.94. The Balaban J connectivity index is 1.40. The van der Waals surface area contributed by atoms with Gasteiger partial charge in [0.1, 0.15) is 22.3 Å². The molecule has 0 atom stereocenters. The molecule has 0 saturated heterocycles. The molecule has 0 aliphatic rings. The number of hydrogen-bond donors (Lipinski definition) is 0. The number of ether oxygens (including phenoxy) is 1. The Bertz CT molecular complexity index is 1020. The first-order valence-corrected chi connectivity index (χ1v) is 9.42. The lowest BCUT2D eigenvalue weighted by Gasteiger charge is -2.06. The van der Waals surface area contributed by atoms with Gasteiger partial charge in [0.2, 0.25) is 0 Å². The Kier molecular flexibility index (Phi) is 5.11. The van der Waals surface area contributed by atoms with Crippen molar-refractivity contribution in [2.24, 2.45) is 0 Å². The third-order valence-electron chi connectivity index (χ3n) is 3.74. The van der Waals surface area contributed by atoms with Crippen molar-refractivity contribution in [3.63, 3.8) is 0 Å². The summed E-state index contributed by atoms with van der Waals surface area (Å²) in [7, 11) is 0. The molecule has 27 heavy (non-hydrogen) atoms. The van der Waals surface area contributed by atoms with E-state index in [2.05, 4.69) is 20.3 Å². The largest absolute Gasteiger partial charge is 0.457 e. The molecule has 0 unspecified atom stereocenters. The molecule has 0 fully saturated rings. The second kappa shape index (κ2) is 8.01. The maximum atomic E-state index is 5.81. The molecule has 0 radical (unpaired) electrons. The highest BCUT2D eigenvalue weighted by molar-refractivity contribution is 7.98. The van der Waals surface area contributed by atoms with Crippen LogP contribution in [0.3, 0.4) is 0 Å². The molecule has 4 rings (SSSR count). The molecule has 0 aliphatic carbocycles. The number of aromatic nitrogens is 5. The van der Waals surface area contributed by atoms with Gasteiger partial charge in [0.15, 0.2) is 0 Å². The first-order chi connectivity index (χ1) is 13.3. The number of para-hydroxylation sites is 1. The summed E-state index contributed by atoms with van der Waals surface area (Å²) in [6, 6.07) is 19.3. The smallest absolute Gasteiger partial charge is 0.127 e. The lowest BCUT2D eigenvalue weighted by atomic mass is 10.3. The van der Waals surface area contributed by atoms with E-state index >= 15 is 0 Å². The zero-order valence-electron chi connectivity index (χ0n) is 14.7. The summed E-state index contributed by atoms with van der Waals surface area (Å²) in [5.74, 6) is 3.05. The van der Waals surface area contributed by atoms with Crippen LogP contribution in [0.5, 0.6) is 11.5 Å². The third kappa shape index (κ3) is 4.51. The van der Waals surface area contributed by atoms with Crippen LogP contribution in [0.25, 0.3) is 5.69 Å². The SMILES string of the molecule is Cc1nccc(SCc2cn(-c3ccc(Oc4ccccc4)cc3)nn2)n1. The molecule has 6 nitrogen and oxygen atoms in total. The second-order valence-electron chi connectivity index (χ2n) is 5.79. The summed E-state index contributed by atoms with van der Waals surface area (Å²) in [6.45, 7) is 1.88. The van der Waals surface area contributed by atoms with E-state index in [0.29, 0.717) is 5.75 Å². The molecule has 134 valence electrons. The van der Waals surface area contributed by atoms with Crippen LogP contribution in [0.2, 0.25) is 0 Å². The van der Waals surface area contributed by atoms with Crippen molar-refractivity contribution in [3.8, 4) is 17.2 Å². The summed E-state index contributed by atoms with van der Waals surface area (Å²) in [4.78, 5) is 8.49. The number of thioether (sulfide) groups is 1. The zero-order valence-corrected chi connectivity index (χ0v) is 15.5. The maximum Gasteiger partial charge on any atom is 0.127 e. The third-order valence-corrected chi connectivity index (χ3v) is 4.70. The average molecular weight is 375 g/mol. The quantitative estimate of drug-likeness (QED) is 0.366. The normalized spacial score (nSPS) is 10.7. The van der Waals surface area contributed by atoms with Gasteiger partial charge in [-0.2, -0.15) is 0 Å². The Labute approximate surface area is 161 Å². The minimum Gasteiger partial charge on any atom is -0.457 e. The molecule has 0 aliphatic heterocycles. The van der Waals surface area contributed by atoms with Gasteiger partial charge in [0, 0.05) is 11.9 Å². The van der Waals surface area contributed by atoms with E-state index in [1.54, 1.807) is 22.6 Å². The first-order valence-electron chi connectivity index (χ1n) is 8.43. The summed E-state index contributed by atoms with van der Waals surface area (Å²) >= 11 is 1.61. The van der Waals surface area contributed by atoms with Crippen LogP contribution in [0, 0.1) is 6.92 Å². The number of nitrogens with zero attached hydrogens (tertiary/aromatic N) is 5. The minimum atomic E-state index is 0.700. The second-order valence-corrected chi connectivity index (χ2v) is 6.79. The molecule has 0 N–H and O–H groups in total. The van der Waals surface area contributed by atoms with Crippen molar-refractivity contribution < 1.29 is 4.74 Å². The van der Waals surface area contributed by atoms with Gasteiger partial charge in [-0.15, -0.1) is 5.10 Å². The highest BCUT2D eigenvalue weighted by Gasteiger charge is 2.06. The predicted molar refractivity (Wildman–Crippen MR) is 104 cm³/mol. The molecule has 4 aromatic rings. The molecule has 2 aromatic heterocycles. The highest BCUT2D eigenvalue weighted by Crippen LogP contribution is 2.23. The van der Waals surface area contributed by atoms with Crippen molar-refractivity contribution in [2.45, 2.75) is 17.7 Å². The van der Waals surface area contributed by atoms with Crippen molar-refractivity contribution in [3.05, 3.63) is 84.6 Å². The topological polar surface area (TPSA) is 65.7 Å². The Morgan fingerprint density at radius 2 is 1.74 bits per heavy atom. The van der Waals surface area contributed by atoms with Gasteiger partial charge < -0.3 is 4.74 Å². The molecule has 7 heteroatoms. The molecule has 0 spiro atoms. The van der Waals surface area contributed by atoms with E-state index in [1.165, 1.54) is 0 Å². The van der Waals surface area contributed by atoms with Crippen molar-refractivity contribution in [2.75, 3.05) is 0 Å². The van der Waals surface area contributed by atoms with Crippen LogP contribution in [0.15, 0.2) is 78.1 Å². The van der Waals surface area contributed by atoms with Gasteiger partial charge in [0.05, 0.1) is 17.6 Å². The Morgan fingerprint density at radius 3 is 2.52 bits per heavy atom. The van der Waals surface area contributed by atoms with Crippen LogP contribution in [-0.2, 0) is 5.75 Å². The molecular formula is C20H17N5OS. The summed E-state index contributed by atoms with van der Waals surface area (Å²) in [5.41, 5.74) is 1.82. The van der Waals surface area contributed by atoms with Gasteiger partial charge in [0.25, 0.3) is 0 Å². The molecule has 2 heterocycles. The van der Waals surface area contributed by atoms with Gasteiger partial charge in [-0.3, -0.25) is 0 Å². The predicted octanol–water partition coefficient (Wildman–Crippen LogP) is 4.45. The van der Waals surface area contributed by atoms with Crippen LogP contribution >= 0.6 is 11.8 Å². The molecular weight excluding hydrogens is 358 g/mol. The molecule has 0 bridgehead atoms. The lowest BCUT2D eigenvalue weighted by molar-refractivity contribution is 0.482. The van der Waals surface area contributed by atoms with Crippen LogP contribution in [0.1, 0.15) is 11.5 Å². The van der Waals surface area contributed by atoms with E-state index < -0.39 is 0 Å².